The Labute approximate surface area is 174 Å². The summed E-state index contributed by atoms with van der Waals surface area (Å²) in [6, 6.07) is 0. The van der Waals surface area contributed by atoms with Crippen molar-refractivity contribution in [3.8, 4) is 0 Å². The maximum Gasteiger partial charge on any atom is 0.312 e. The molecule has 0 amide bonds. The standard InChI is InChI=1S/C23H38O6/c1-7-12(11-23(5,6)21(27)29-22(2,3)4)20(26)28-17-9-13-8-15(17)18-14(13)10-16(24)19(18)25/h12-19,24-25H,7-11H2,1-6H3. The fourth-order valence-corrected chi connectivity index (χ4v) is 5.88. The predicted octanol–water partition coefficient (Wildman–Crippen LogP) is 3.08. The topological polar surface area (TPSA) is 93.1 Å². The number of rotatable bonds is 6. The number of carbonyl (C=O) groups excluding carboxylic acids is 2. The van der Waals surface area contributed by atoms with E-state index in [1.54, 1.807) is 0 Å². The Bertz CT molecular complexity index is 636. The van der Waals surface area contributed by atoms with Crippen molar-refractivity contribution in [3.05, 3.63) is 0 Å². The average Bonchev–Trinajstić information content (AvgIpc) is 3.23. The number of hydrogen-bond donors (Lipinski definition) is 2. The zero-order chi connectivity index (χ0) is 21.7. The highest BCUT2D eigenvalue weighted by Crippen LogP contribution is 2.59. The number of hydrogen-bond acceptors (Lipinski definition) is 6. The van der Waals surface area contributed by atoms with Gasteiger partial charge in [-0.2, -0.15) is 0 Å². The molecule has 0 radical (unpaired) electrons. The van der Waals surface area contributed by atoms with Gasteiger partial charge in [0.05, 0.1) is 23.5 Å². The monoisotopic (exact) mass is 410 g/mol. The van der Waals surface area contributed by atoms with E-state index in [0.717, 1.165) is 12.8 Å². The molecule has 3 fully saturated rings. The molecule has 166 valence electrons. The summed E-state index contributed by atoms with van der Waals surface area (Å²) < 4.78 is 11.5. The maximum atomic E-state index is 12.9. The molecule has 3 aliphatic carbocycles. The Morgan fingerprint density at radius 3 is 2.28 bits per heavy atom. The van der Waals surface area contributed by atoms with E-state index in [1.807, 2.05) is 41.5 Å². The van der Waals surface area contributed by atoms with Gasteiger partial charge in [-0.15, -0.1) is 0 Å². The van der Waals surface area contributed by atoms with Crippen molar-refractivity contribution in [2.75, 3.05) is 0 Å². The summed E-state index contributed by atoms with van der Waals surface area (Å²) in [5.74, 6) is 0.0260. The molecule has 29 heavy (non-hydrogen) atoms. The lowest BCUT2D eigenvalue weighted by molar-refractivity contribution is -0.169. The molecule has 6 heteroatoms. The molecule has 8 unspecified atom stereocenters. The molecule has 8 atom stereocenters. The minimum absolute atomic E-state index is 0.0415. The molecule has 0 aromatic rings. The molecule has 3 aliphatic rings. The van der Waals surface area contributed by atoms with Crippen LogP contribution < -0.4 is 0 Å². The molecule has 0 aliphatic heterocycles. The summed E-state index contributed by atoms with van der Waals surface area (Å²) in [6.45, 7) is 11.1. The van der Waals surface area contributed by atoms with Crippen LogP contribution in [-0.4, -0.2) is 46.1 Å². The van der Waals surface area contributed by atoms with Gasteiger partial charge in [0.15, 0.2) is 0 Å². The highest BCUT2D eigenvalue weighted by molar-refractivity contribution is 5.78. The molecule has 3 saturated carbocycles. The van der Waals surface area contributed by atoms with E-state index in [-0.39, 0.29) is 35.8 Å². The normalized spacial score (nSPS) is 37.3. The van der Waals surface area contributed by atoms with Gasteiger partial charge in [0.1, 0.15) is 11.7 Å². The van der Waals surface area contributed by atoms with E-state index < -0.39 is 23.2 Å². The van der Waals surface area contributed by atoms with Crippen LogP contribution in [0.25, 0.3) is 0 Å². The largest absolute Gasteiger partial charge is 0.462 e. The van der Waals surface area contributed by atoms with Crippen LogP contribution in [0.5, 0.6) is 0 Å². The molecule has 0 heterocycles. The van der Waals surface area contributed by atoms with E-state index in [4.69, 9.17) is 9.47 Å². The molecular formula is C23H38O6. The molecule has 3 rings (SSSR count). The minimum Gasteiger partial charge on any atom is -0.462 e. The number of esters is 2. The lowest BCUT2D eigenvalue weighted by Crippen LogP contribution is -2.40. The summed E-state index contributed by atoms with van der Waals surface area (Å²) in [7, 11) is 0. The van der Waals surface area contributed by atoms with E-state index in [2.05, 4.69) is 0 Å². The zero-order valence-electron chi connectivity index (χ0n) is 18.7. The predicted molar refractivity (Wildman–Crippen MR) is 108 cm³/mol. The second-order valence-electron chi connectivity index (χ2n) is 11.1. The molecule has 0 spiro atoms. The van der Waals surface area contributed by atoms with Gasteiger partial charge in [0, 0.05) is 5.92 Å². The van der Waals surface area contributed by atoms with Crippen LogP contribution in [0.15, 0.2) is 0 Å². The van der Waals surface area contributed by atoms with Gasteiger partial charge >= 0.3 is 11.9 Å². The Hall–Kier alpha value is -1.14. The number of aliphatic hydroxyl groups excluding tert-OH is 2. The Kier molecular flexibility index (Phi) is 6.10. The Balaban J connectivity index is 1.60. The van der Waals surface area contributed by atoms with Crippen LogP contribution in [0.3, 0.4) is 0 Å². The van der Waals surface area contributed by atoms with Gasteiger partial charge in [-0.05, 0) is 84.5 Å². The fourth-order valence-electron chi connectivity index (χ4n) is 5.88. The summed E-state index contributed by atoms with van der Waals surface area (Å²) in [5, 5.41) is 20.4. The fraction of sp³-hybridized carbons (Fsp3) is 0.913. The van der Waals surface area contributed by atoms with Crippen molar-refractivity contribution in [2.24, 2.45) is 35.0 Å². The number of ether oxygens (including phenoxy) is 2. The summed E-state index contributed by atoms with van der Waals surface area (Å²) in [6.07, 6.45) is 1.89. The second-order valence-corrected chi connectivity index (χ2v) is 11.1. The van der Waals surface area contributed by atoms with Gasteiger partial charge in [-0.1, -0.05) is 6.92 Å². The molecule has 0 aromatic carbocycles. The molecular weight excluding hydrogens is 372 g/mol. The van der Waals surface area contributed by atoms with E-state index in [0.29, 0.717) is 31.1 Å². The zero-order valence-corrected chi connectivity index (χ0v) is 18.7. The van der Waals surface area contributed by atoms with Crippen LogP contribution in [0.2, 0.25) is 0 Å². The van der Waals surface area contributed by atoms with Crippen LogP contribution in [0, 0.1) is 35.0 Å². The van der Waals surface area contributed by atoms with Crippen molar-refractivity contribution in [2.45, 2.75) is 97.6 Å². The van der Waals surface area contributed by atoms with Crippen molar-refractivity contribution in [1.29, 1.82) is 0 Å². The highest BCUT2D eigenvalue weighted by Gasteiger charge is 2.60. The van der Waals surface area contributed by atoms with Gasteiger partial charge in [0.25, 0.3) is 0 Å². The first-order valence-electron chi connectivity index (χ1n) is 11.1. The van der Waals surface area contributed by atoms with Crippen molar-refractivity contribution >= 4 is 11.9 Å². The number of carbonyl (C=O) groups is 2. The maximum absolute atomic E-state index is 12.9. The molecule has 0 saturated heterocycles. The third-order valence-electron chi connectivity index (χ3n) is 7.29. The number of fused-ring (bicyclic) bond motifs is 5. The first kappa shape index (κ1) is 22.5. The third-order valence-corrected chi connectivity index (χ3v) is 7.29. The second kappa shape index (κ2) is 7.84. The van der Waals surface area contributed by atoms with E-state index in [1.165, 1.54) is 0 Å². The SMILES string of the molecule is CCC(CC(C)(C)C(=O)OC(C)(C)C)C(=O)OC1CC2CC1C1C(O)C(O)CC21. The number of aliphatic hydroxyl groups is 2. The van der Waals surface area contributed by atoms with Gasteiger partial charge < -0.3 is 19.7 Å². The minimum atomic E-state index is -0.779. The third kappa shape index (κ3) is 4.48. The first-order valence-corrected chi connectivity index (χ1v) is 11.1. The Morgan fingerprint density at radius 1 is 1.03 bits per heavy atom. The average molecular weight is 411 g/mol. The lowest BCUT2D eigenvalue weighted by atomic mass is 9.79. The van der Waals surface area contributed by atoms with Gasteiger partial charge in [-0.25, -0.2) is 0 Å². The van der Waals surface area contributed by atoms with Crippen molar-refractivity contribution in [3.63, 3.8) is 0 Å². The van der Waals surface area contributed by atoms with Crippen molar-refractivity contribution in [1.82, 2.24) is 0 Å². The van der Waals surface area contributed by atoms with Crippen LogP contribution in [-0.2, 0) is 19.1 Å². The van der Waals surface area contributed by atoms with E-state index in [9.17, 15) is 19.8 Å². The molecule has 6 nitrogen and oxygen atoms in total. The summed E-state index contributed by atoms with van der Waals surface area (Å²) in [5.41, 5.74) is -1.35. The van der Waals surface area contributed by atoms with E-state index >= 15 is 0 Å². The Morgan fingerprint density at radius 2 is 1.69 bits per heavy atom. The van der Waals surface area contributed by atoms with Gasteiger partial charge in [-0.3, -0.25) is 9.59 Å². The van der Waals surface area contributed by atoms with Gasteiger partial charge in [0.2, 0.25) is 0 Å². The van der Waals surface area contributed by atoms with Crippen molar-refractivity contribution < 1.29 is 29.3 Å². The molecule has 2 N–H and O–H groups in total. The highest BCUT2D eigenvalue weighted by atomic mass is 16.6. The van der Waals surface area contributed by atoms with Crippen LogP contribution >= 0.6 is 0 Å². The quantitative estimate of drug-likeness (QED) is 0.654. The lowest BCUT2D eigenvalue weighted by Gasteiger charge is -2.34. The first-order chi connectivity index (χ1) is 13.3. The summed E-state index contributed by atoms with van der Waals surface area (Å²) >= 11 is 0. The molecule has 0 aromatic heterocycles. The smallest absolute Gasteiger partial charge is 0.312 e. The summed E-state index contributed by atoms with van der Waals surface area (Å²) in [4.78, 5) is 25.5. The van der Waals surface area contributed by atoms with Crippen LogP contribution in [0.1, 0.15) is 73.6 Å². The molecule has 2 bridgehead atoms. The van der Waals surface area contributed by atoms with Crippen LogP contribution in [0.4, 0.5) is 0 Å².